The first-order valence-electron chi connectivity index (χ1n) is 9.22. The lowest BCUT2D eigenvalue weighted by Crippen LogP contribution is -2.60. The van der Waals surface area contributed by atoms with E-state index in [4.69, 9.17) is 16.7 Å². The van der Waals surface area contributed by atoms with Crippen LogP contribution in [0.15, 0.2) is 24.3 Å². The second kappa shape index (κ2) is 7.84. The first-order chi connectivity index (χ1) is 12.4. The van der Waals surface area contributed by atoms with Crippen molar-refractivity contribution < 1.29 is 14.7 Å². The highest BCUT2D eigenvalue weighted by molar-refractivity contribution is 6.30. The summed E-state index contributed by atoms with van der Waals surface area (Å²) in [5.74, 6) is -0.809. The van der Waals surface area contributed by atoms with E-state index in [1.54, 1.807) is 0 Å². The normalized spacial score (nSPS) is 23.7. The van der Waals surface area contributed by atoms with Crippen molar-refractivity contribution in [1.82, 2.24) is 15.5 Å². The van der Waals surface area contributed by atoms with Gasteiger partial charge in [-0.2, -0.15) is 0 Å². The number of halogens is 1. The zero-order valence-electron chi connectivity index (χ0n) is 15.0. The number of likely N-dealkylation sites (N-methyl/N-ethyl adjacent to an activating group) is 1. The molecule has 7 heteroatoms. The van der Waals surface area contributed by atoms with E-state index < -0.39 is 5.97 Å². The molecule has 1 aromatic carbocycles. The van der Waals surface area contributed by atoms with Crippen LogP contribution in [0.5, 0.6) is 0 Å². The lowest BCUT2D eigenvalue weighted by atomic mass is 9.72. The minimum Gasteiger partial charge on any atom is -0.480 e. The van der Waals surface area contributed by atoms with Gasteiger partial charge in [0.05, 0.1) is 12.1 Å². The van der Waals surface area contributed by atoms with Crippen molar-refractivity contribution in [2.45, 2.75) is 56.7 Å². The van der Waals surface area contributed by atoms with Gasteiger partial charge in [0.2, 0.25) is 0 Å². The maximum atomic E-state index is 12.5. The Hall–Kier alpha value is -1.79. The molecule has 3 rings (SSSR count). The predicted octanol–water partition coefficient (Wildman–Crippen LogP) is 2.96. The standard InChI is InChI=1S/C19H26ClN3O3/c1-2-23(12-17(24)25)16-10-15(11-16)21-18(26)22-19(8-3-9-19)13-4-6-14(20)7-5-13/h4-7,15-16H,2-3,8-12H2,1H3,(H,24,25)(H2,21,22,26). The van der Waals surface area contributed by atoms with Crippen LogP contribution in [0.3, 0.4) is 0 Å². The first-order valence-corrected chi connectivity index (χ1v) is 9.60. The molecule has 3 N–H and O–H groups in total. The Labute approximate surface area is 158 Å². The number of carboxylic acids is 1. The fourth-order valence-corrected chi connectivity index (χ4v) is 4.03. The highest BCUT2D eigenvalue weighted by Crippen LogP contribution is 2.41. The topological polar surface area (TPSA) is 81.7 Å². The Morgan fingerprint density at radius 3 is 2.42 bits per heavy atom. The van der Waals surface area contributed by atoms with Gasteiger partial charge in [-0.05, 0) is 56.3 Å². The lowest BCUT2D eigenvalue weighted by Gasteiger charge is -2.45. The summed E-state index contributed by atoms with van der Waals surface area (Å²) in [5, 5.41) is 15.8. The van der Waals surface area contributed by atoms with E-state index in [1.165, 1.54) is 0 Å². The number of carboxylic acid groups (broad SMARTS) is 1. The monoisotopic (exact) mass is 379 g/mol. The zero-order valence-corrected chi connectivity index (χ0v) is 15.8. The summed E-state index contributed by atoms with van der Waals surface area (Å²) in [6.07, 6.45) is 4.54. The Balaban J connectivity index is 1.50. The summed E-state index contributed by atoms with van der Waals surface area (Å²) in [6, 6.07) is 7.85. The third-order valence-electron chi connectivity index (χ3n) is 5.67. The average molecular weight is 380 g/mol. The highest BCUT2D eigenvalue weighted by atomic mass is 35.5. The Morgan fingerprint density at radius 2 is 1.92 bits per heavy atom. The molecule has 26 heavy (non-hydrogen) atoms. The van der Waals surface area contributed by atoms with Gasteiger partial charge in [-0.25, -0.2) is 4.79 Å². The highest BCUT2D eigenvalue weighted by Gasteiger charge is 2.41. The fraction of sp³-hybridized carbons (Fsp3) is 0.579. The summed E-state index contributed by atoms with van der Waals surface area (Å²) < 4.78 is 0. The SMILES string of the molecule is CCN(CC(=O)O)C1CC(NC(=O)NC2(c3ccc(Cl)cc3)CCC2)C1. The molecule has 0 spiro atoms. The molecule has 0 radical (unpaired) electrons. The molecule has 0 atom stereocenters. The van der Waals surface area contributed by atoms with Crippen LogP contribution in [0.1, 0.15) is 44.6 Å². The molecule has 2 amide bonds. The van der Waals surface area contributed by atoms with Crippen molar-refractivity contribution in [1.29, 1.82) is 0 Å². The molecule has 1 aromatic rings. The van der Waals surface area contributed by atoms with Gasteiger partial charge in [-0.3, -0.25) is 9.69 Å². The molecular weight excluding hydrogens is 354 g/mol. The van der Waals surface area contributed by atoms with E-state index >= 15 is 0 Å². The van der Waals surface area contributed by atoms with E-state index in [2.05, 4.69) is 10.6 Å². The molecule has 0 bridgehead atoms. The van der Waals surface area contributed by atoms with Gasteiger partial charge in [0.15, 0.2) is 0 Å². The van der Waals surface area contributed by atoms with E-state index in [0.717, 1.165) is 37.7 Å². The van der Waals surface area contributed by atoms with Gasteiger partial charge in [-0.1, -0.05) is 30.7 Å². The van der Waals surface area contributed by atoms with Crippen molar-refractivity contribution >= 4 is 23.6 Å². The van der Waals surface area contributed by atoms with E-state index in [-0.39, 0.29) is 30.2 Å². The molecule has 2 fully saturated rings. The Morgan fingerprint density at radius 1 is 1.27 bits per heavy atom. The van der Waals surface area contributed by atoms with Gasteiger partial charge in [-0.15, -0.1) is 0 Å². The van der Waals surface area contributed by atoms with Crippen LogP contribution >= 0.6 is 11.6 Å². The van der Waals surface area contributed by atoms with Gasteiger partial charge in [0.25, 0.3) is 0 Å². The average Bonchev–Trinajstić information content (AvgIpc) is 2.53. The quantitative estimate of drug-likeness (QED) is 0.680. The van der Waals surface area contributed by atoms with Gasteiger partial charge < -0.3 is 15.7 Å². The summed E-state index contributed by atoms with van der Waals surface area (Å²) in [7, 11) is 0. The first kappa shape index (κ1) is 19.0. The van der Waals surface area contributed by atoms with Crippen LogP contribution in [0.4, 0.5) is 4.79 Å². The minimum absolute atomic E-state index is 0.0553. The maximum absolute atomic E-state index is 12.5. The molecule has 0 saturated heterocycles. The van der Waals surface area contributed by atoms with E-state index in [9.17, 15) is 9.59 Å². The molecule has 142 valence electrons. The molecule has 0 unspecified atom stereocenters. The van der Waals surface area contributed by atoms with Crippen LogP contribution in [0.25, 0.3) is 0 Å². The van der Waals surface area contributed by atoms with Crippen molar-refractivity contribution in [2.24, 2.45) is 0 Å². The number of hydrogen-bond donors (Lipinski definition) is 3. The number of rotatable bonds is 7. The Kier molecular flexibility index (Phi) is 5.73. The summed E-state index contributed by atoms with van der Waals surface area (Å²) in [6.45, 7) is 2.72. The van der Waals surface area contributed by atoms with Crippen LogP contribution in [-0.2, 0) is 10.3 Å². The summed E-state index contributed by atoms with van der Waals surface area (Å²) >= 11 is 5.97. The smallest absolute Gasteiger partial charge is 0.317 e. The van der Waals surface area contributed by atoms with Gasteiger partial charge >= 0.3 is 12.0 Å². The largest absolute Gasteiger partial charge is 0.480 e. The van der Waals surface area contributed by atoms with Crippen LogP contribution in [-0.4, -0.2) is 47.2 Å². The second-order valence-electron chi connectivity index (χ2n) is 7.32. The zero-order chi connectivity index (χ0) is 18.7. The molecule has 2 aliphatic carbocycles. The molecule has 6 nitrogen and oxygen atoms in total. The van der Waals surface area contributed by atoms with Gasteiger partial charge in [0.1, 0.15) is 0 Å². The van der Waals surface area contributed by atoms with E-state index in [0.29, 0.717) is 11.6 Å². The lowest BCUT2D eigenvalue weighted by molar-refractivity contribution is -0.139. The van der Waals surface area contributed by atoms with Crippen molar-refractivity contribution in [2.75, 3.05) is 13.1 Å². The molecule has 0 aromatic heterocycles. The number of aliphatic carboxylic acids is 1. The molecule has 0 heterocycles. The molecule has 2 saturated carbocycles. The molecule has 0 aliphatic heterocycles. The summed E-state index contributed by atoms with van der Waals surface area (Å²) in [5.41, 5.74) is 0.796. The van der Waals surface area contributed by atoms with Crippen molar-refractivity contribution in [3.63, 3.8) is 0 Å². The van der Waals surface area contributed by atoms with E-state index in [1.807, 2.05) is 36.1 Å². The molecule has 2 aliphatic rings. The maximum Gasteiger partial charge on any atom is 0.317 e. The number of benzene rings is 1. The number of nitrogens with one attached hydrogen (secondary N) is 2. The van der Waals surface area contributed by atoms with Crippen molar-refractivity contribution in [3.05, 3.63) is 34.9 Å². The van der Waals surface area contributed by atoms with Crippen LogP contribution < -0.4 is 10.6 Å². The number of amides is 2. The molecular formula is C19H26ClN3O3. The third kappa shape index (κ3) is 4.13. The number of carbonyl (C=O) groups is 2. The Bertz CT molecular complexity index is 654. The van der Waals surface area contributed by atoms with Crippen LogP contribution in [0, 0.1) is 0 Å². The van der Waals surface area contributed by atoms with Crippen LogP contribution in [0.2, 0.25) is 5.02 Å². The number of nitrogens with zero attached hydrogens (tertiary/aromatic N) is 1. The van der Waals surface area contributed by atoms with Crippen molar-refractivity contribution in [3.8, 4) is 0 Å². The second-order valence-corrected chi connectivity index (χ2v) is 7.76. The minimum atomic E-state index is -0.809. The predicted molar refractivity (Wildman–Crippen MR) is 100 cm³/mol. The number of carbonyl (C=O) groups excluding carboxylic acids is 1. The number of urea groups is 1. The number of hydrogen-bond acceptors (Lipinski definition) is 3. The van der Waals surface area contributed by atoms with Gasteiger partial charge in [0, 0.05) is 17.1 Å². The third-order valence-corrected chi connectivity index (χ3v) is 5.92. The summed E-state index contributed by atoms with van der Waals surface area (Å²) in [4.78, 5) is 25.3. The fourth-order valence-electron chi connectivity index (χ4n) is 3.90.